The molecule has 0 aliphatic heterocycles. The van der Waals surface area contributed by atoms with E-state index in [9.17, 15) is 9.59 Å². The highest BCUT2D eigenvalue weighted by molar-refractivity contribution is 6.35. The summed E-state index contributed by atoms with van der Waals surface area (Å²) in [5, 5.41) is 3.86. The SMILES string of the molecule is COc1c(NCc2ccc(Cl)cc2Cl)c(=O)c1=O. The van der Waals surface area contributed by atoms with Crippen LogP contribution in [0.4, 0.5) is 5.69 Å². The molecule has 2 aromatic rings. The molecule has 0 saturated carbocycles. The van der Waals surface area contributed by atoms with Crippen molar-refractivity contribution in [1.82, 2.24) is 0 Å². The minimum atomic E-state index is -0.609. The zero-order valence-electron chi connectivity index (χ0n) is 9.42. The van der Waals surface area contributed by atoms with Crippen LogP contribution in [-0.4, -0.2) is 7.11 Å². The van der Waals surface area contributed by atoms with Crippen LogP contribution in [0.1, 0.15) is 5.56 Å². The third kappa shape index (κ3) is 2.21. The summed E-state index contributed by atoms with van der Waals surface area (Å²) < 4.78 is 4.81. The highest BCUT2D eigenvalue weighted by atomic mass is 35.5. The molecule has 0 spiro atoms. The van der Waals surface area contributed by atoms with Crippen molar-refractivity contribution in [1.29, 1.82) is 0 Å². The molecule has 0 fully saturated rings. The third-order valence-electron chi connectivity index (χ3n) is 2.54. The average molecular weight is 286 g/mol. The van der Waals surface area contributed by atoms with Gasteiger partial charge in [-0.25, -0.2) is 0 Å². The molecule has 0 saturated heterocycles. The molecule has 1 N–H and O–H groups in total. The van der Waals surface area contributed by atoms with Gasteiger partial charge in [0.1, 0.15) is 5.69 Å². The second-order valence-electron chi connectivity index (χ2n) is 3.66. The minimum Gasteiger partial charge on any atom is -0.491 e. The number of hydrogen-bond donors (Lipinski definition) is 1. The first-order valence-corrected chi connectivity index (χ1v) is 5.85. The molecule has 0 atom stereocenters. The van der Waals surface area contributed by atoms with Crippen LogP contribution >= 0.6 is 23.2 Å². The molecular weight excluding hydrogens is 277 g/mol. The van der Waals surface area contributed by atoms with Gasteiger partial charge in [-0.15, -0.1) is 0 Å². The Morgan fingerprint density at radius 2 is 1.94 bits per heavy atom. The molecule has 0 amide bonds. The van der Waals surface area contributed by atoms with Gasteiger partial charge < -0.3 is 10.1 Å². The summed E-state index contributed by atoms with van der Waals surface area (Å²) in [7, 11) is 1.34. The highest BCUT2D eigenvalue weighted by Crippen LogP contribution is 2.23. The van der Waals surface area contributed by atoms with Crippen LogP contribution in [0.3, 0.4) is 0 Å². The summed E-state index contributed by atoms with van der Waals surface area (Å²) in [4.78, 5) is 22.4. The average Bonchev–Trinajstić information content (AvgIpc) is 2.35. The highest BCUT2D eigenvalue weighted by Gasteiger charge is 2.21. The molecular formula is C12H9Cl2NO3. The lowest BCUT2D eigenvalue weighted by atomic mass is 10.2. The van der Waals surface area contributed by atoms with Crippen molar-refractivity contribution in [3.05, 3.63) is 54.3 Å². The van der Waals surface area contributed by atoms with Gasteiger partial charge in [-0.3, -0.25) is 9.59 Å². The summed E-state index contributed by atoms with van der Waals surface area (Å²) >= 11 is 11.8. The van der Waals surface area contributed by atoms with E-state index in [1.807, 2.05) is 0 Å². The van der Waals surface area contributed by atoms with Crippen molar-refractivity contribution in [2.24, 2.45) is 0 Å². The van der Waals surface area contributed by atoms with E-state index in [1.165, 1.54) is 7.11 Å². The standard InChI is InChI=1S/C12H9Cl2NO3/c1-18-12-9(10(16)11(12)17)15-5-6-2-3-7(13)4-8(6)14/h2-4,15H,5H2,1H3. The fourth-order valence-corrected chi connectivity index (χ4v) is 2.05. The number of benzene rings is 1. The first-order chi connectivity index (χ1) is 8.54. The van der Waals surface area contributed by atoms with Crippen LogP contribution in [0.15, 0.2) is 27.8 Å². The van der Waals surface area contributed by atoms with Gasteiger partial charge in [0, 0.05) is 16.6 Å². The molecule has 18 heavy (non-hydrogen) atoms. The van der Waals surface area contributed by atoms with Gasteiger partial charge in [0.05, 0.1) is 7.11 Å². The zero-order valence-corrected chi connectivity index (χ0v) is 10.9. The maximum Gasteiger partial charge on any atom is 0.271 e. The molecule has 0 aliphatic carbocycles. The van der Waals surface area contributed by atoms with Crippen LogP contribution in [0.5, 0.6) is 5.75 Å². The van der Waals surface area contributed by atoms with E-state index in [0.717, 1.165) is 5.56 Å². The number of ether oxygens (including phenoxy) is 1. The maximum atomic E-state index is 11.3. The maximum absolute atomic E-state index is 11.3. The van der Waals surface area contributed by atoms with Crippen molar-refractivity contribution in [2.75, 3.05) is 12.4 Å². The molecule has 4 nitrogen and oxygen atoms in total. The van der Waals surface area contributed by atoms with E-state index in [1.54, 1.807) is 18.2 Å². The predicted octanol–water partition coefficient (Wildman–Crippen LogP) is 2.21. The van der Waals surface area contributed by atoms with Crippen LogP contribution < -0.4 is 20.9 Å². The molecule has 94 valence electrons. The molecule has 2 aromatic carbocycles. The van der Waals surface area contributed by atoms with Gasteiger partial charge in [-0.05, 0) is 17.7 Å². The Kier molecular flexibility index (Phi) is 3.59. The van der Waals surface area contributed by atoms with Gasteiger partial charge in [-0.2, -0.15) is 0 Å². The summed E-state index contributed by atoms with van der Waals surface area (Å²) in [5.41, 5.74) is -0.219. The van der Waals surface area contributed by atoms with E-state index < -0.39 is 10.9 Å². The summed E-state index contributed by atoms with van der Waals surface area (Å²) in [6.45, 7) is 0.317. The van der Waals surface area contributed by atoms with E-state index >= 15 is 0 Å². The first kappa shape index (κ1) is 12.9. The number of anilines is 1. The minimum absolute atomic E-state index is 0.0603. The largest absolute Gasteiger partial charge is 0.491 e. The van der Waals surface area contributed by atoms with Gasteiger partial charge >= 0.3 is 0 Å². The zero-order chi connectivity index (χ0) is 13.3. The fourth-order valence-electron chi connectivity index (χ4n) is 1.57. The molecule has 2 rings (SSSR count). The number of halogens is 2. The van der Waals surface area contributed by atoms with E-state index in [4.69, 9.17) is 27.9 Å². The topological polar surface area (TPSA) is 55.4 Å². The van der Waals surface area contributed by atoms with Gasteiger partial charge in [0.15, 0.2) is 5.75 Å². The number of methoxy groups -OCH3 is 1. The molecule has 0 aliphatic rings. The van der Waals surface area contributed by atoms with Gasteiger partial charge in [0.25, 0.3) is 10.9 Å². The smallest absolute Gasteiger partial charge is 0.271 e. The predicted molar refractivity (Wildman–Crippen MR) is 71.7 cm³/mol. The Morgan fingerprint density at radius 3 is 2.56 bits per heavy atom. The van der Waals surface area contributed by atoms with Crippen LogP contribution in [0.25, 0.3) is 0 Å². The summed E-state index contributed by atoms with van der Waals surface area (Å²) in [6, 6.07) is 5.05. The van der Waals surface area contributed by atoms with Crippen LogP contribution in [-0.2, 0) is 6.54 Å². The third-order valence-corrected chi connectivity index (χ3v) is 3.13. The Morgan fingerprint density at radius 1 is 1.22 bits per heavy atom. The van der Waals surface area contributed by atoms with E-state index in [0.29, 0.717) is 16.6 Å². The van der Waals surface area contributed by atoms with Crippen molar-refractivity contribution in [3.8, 4) is 5.75 Å². The Bertz CT molecular complexity index is 660. The normalized spacial score (nSPS) is 10.6. The lowest BCUT2D eigenvalue weighted by molar-refractivity contribution is 0.407. The Labute approximate surface area is 113 Å². The van der Waals surface area contributed by atoms with Crippen LogP contribution in [0.2, 0.25) is 10.0 Å². The molecule has 6 heteroatoms. The van der Waals surface area contributed by atoms with Crippen molar-refractivity contribution < 1.29 is 4.74 Å². The lowest BCUT2D eigenvalue weighted by Gasteiger charge is -2.12. The van der Waals surface area contributed by atoms with Gasteiger partial charge in [0.2, 0.25) is 0 Å². The number of hydrogen-bond acceptors (Lipinski definition) is 4. The van der Waals surface area contributed by atoms with E-state index in [-0.39, 0.29) is 11.4 Å². The van der Waals surface area contributed by atoms with Crippen molar-refractivity contribution in [3.63, 3.8) is 0 Å². The molecule has 0 aromatic heterocycles. The number of rotatable bonds is 4. The molecule has 0 bridgehead atoms. The fraction of sp³-hybridized carbons (Fsp3) is 0.167. The van der Waals surface area contributed by atoms with E-state index in [2.05, 4.69) is 5.32 Å². The first-order valence-electron chi connectivity index (χ1n) is 5.09. The van der Waals surface area contributed by atoms with Crippen molar-refractivity contribution >= 4 is 28.9 Å². The van der Waals surface area contributed by atoms with Gasteiger partial charge in [-0.1, -0.05) is 29.3 Å². The van der Waals surface area contributed by atoms with Crippen LogP contribution in [0, 0.1) is 0 Å². The lowest BCUT2D eigenvalue weighted by Crippen LogP contribution is -2.35. The summed E-state index contributed by atoms with van der Waals surface area (Å²) in [6.07, 6.45) is 0. The monoisotopic (exact) mass is 285 g/mol. The molecule has 0 heterocycles. The Hall–Kier alpha value is -1.52. The second-order valence-corrected chi connectivity index (χ2v) is 4.50. The molecule has 0 radical (unpaired) electrons. The Balaban J connectivity index is 2.15. The summed E-state index contributed by atoms with van der Waals surface area (Å²) in [5.74, 6) is 0.0603. The second kappa shape index (κ2) is 5.00. The quantitative estimate of drug-likeness (QED) is 0.875. The number of nitrogens with one attached hydrogen (secondary N) is 1. The van der Waals surface area contributed by atoms with Crippen molar-refractivity contribution in [2.45, 2.75) is 6.54 Å². The molecule has 0 unspecified atom stereocenters.